The molecular weight excluding hydrogens is 415 g/mol. The van der Waals surface area contributed by atoms with E-state index in [1.807, 2.05) is 17.9 Å². The van der Waals surface area contributed by atoms with Crippen LogP contribution in [0.5, 0.6) is 0 Å². The maximum absolute atomic E-state index is 4.67. The van der Waals surface area contributed by atoms with Gasteiger partial charge < -0.3 is 15.5 Å². The van der Waals surface area contributed by atoms with Gasteiger partial charge in [0.15, 0.2) is 5.96 Å². The quantitative estimate of drug-likeness (QED) is 0.277. The van der Waals surface area contributed by atoms with Gasteiger partial charge in [0.1, 0.15) is 0 Å². The average Bonchev–Trinajstić information content (AvgIpc) is 2.98. The minimum atomic E-state index is 0. The highest BCUT2D eigenvalue weighted by atomic mass is 127. The van der Waals surface area contributed by atoms with Crippen LogP contribution in [-0.4, -0.2) is 59.9 Å². The van der Waals surface area contributed by atoms with Crippen molar-refractivity contribution in [3.8, 4) is 0 Å². The molecule has 138 valence electrons. The molecule has 0 spiro atoms. The first-order valence-corrected chi connectivity index (χ1v) is 9.00. The first-order valence-electron chi connectivity index (χ1n) is 9.00. The Labute approximate surface area is 163 Å². The van der Waals surface area contributed by atoms with Crippen LogP contribution in [0.4, 0.5) is 0 Å². The van der Waals surface area contributed by atoms with Crippen LogP contribution in [0.25, 0.3) is 0 Å². The lowest BCUT2D eigenvalue weighted by molar-refractivity contribution is 0.232. The number of hydrogen-bond donors (Lipinski definition) is 2. The molecular formula is C17H33IN6. The molecule has 1 saturated heterocycles. The Kier molecular flexibility index (Phi) is 11.1. The minimum Gasteiger partial charge on any atom is -0.357 e. The number of likely N-dealkylation sites (tertiary alicyclic amines) is 1. The number of aliphatic imine (C=N–C) groups is 1. The van der Waals surface area contributed by atoms with Gasteiger partial charge >= 0.3 is 0 Å². The lowest BCUT2D eigenvalue weighted by Gasteiger charge is -2.26. The number of halogens is 1. The molecule has 0 unspecified atom stereocenters. The Morgan fingerprint density at radius 3 is 2.71 bits per heavy atom. The zero-order chi connectivity index (χ0) is 16.3. The van der Waals surface area contributed by atoms with E-state index < -0.39 is 0 Å². The van der Waals surface area contributed by atoms with Gasteiger partial charge in [0.25, 0.3) is 0 Å². The molecule has 1 aromatic heterocycles. The Morgan fingerprint density at radius 2 is 2.04 bits per heavy atom. The second kappa shape index (κ2) is 12.5. The first-order chi connectivity index (χ1) is 11.3. The number of hydrogen-bond acceptors (Lipinski definition) is 3. The molecule has 2 rings (SSSR count). The normalized spacial score (nSPS) is 15.8. The van der Waals surface area contributed by atoms with E-state index in [9.17, 15) is 0 Å². The summed E-state index contributed by atoms with van der Waals surface area (Å²) >= 11 is 0. The zero-order valence-corrected chi connectivity index (χ0v) is 17.5. The lowest BCUT2D eigenvalue weighted by atomic mass is 10.1. The third kappa shape index (κ3) is 8.32. The molecule has 0 bridgehead atoms. The predicted octanol–water partition coefficient (Wildman–Crippen LogP) is 2.01. The number of aryl methyl sites for hydroxylation is 2. The third-order valence-electron chi connectivity index (χ3n) is 4.17. The lowest BCUT2D eigenvalue weighted by Crippen LogP contribution is -2.42. The molecule has 2 N–H and O–H groups in total. The second-order valence-corrected chi connectivity index (χ2v) is 6.22. The van der Waals surface area contributed by atoms with E-state index in [1.165, 1.54) is 37.9 Å². The molecule has 0 aliphatic carbocycles. The number of nitrogens with zero attached hydrogens (tertiary/aromatic N) is 4. The van der Waals surface area contributed by atoms with Gasteiger partial charge in [-0.1, -0.05) is 6.42 Å². The van der Waals surface area contributed by atoms with Crippen LogP contribution in [0.15, 0.2) is 17.4 Å². The van der Waals surface area contributed by atoms with Crippen molar-refractivity contribution in [2.75, 3.05) is 39.3 Å². The van der Waals surface area contributed by atoms with Crippen molar-refractivity contribution < 1.29 is 0 Å². The van der Waals surface area contributed by atoms with Crippen LogP contribution in [0, 0.1) is 0 Å². The van der Waals surface area contributed by atoms with E-state index in [1.54, 1.807) is 0 Å². The molecule has 7 heteroatoms. The summed E-state index contributed by atoms with van der Waals surface area (Å²) in [6.45, 7) is 8.43. The monoisotopic (exact) mass is 448 g/mol. The molecule has 1 aliphatic rings. The zero-order valence-electron chi connectivity index (χ0n) is 15.1. The van der Waals surface area contributed by atoms with Crippen molar-refractivity contribution in [2.45, 2.75) is 39.0 Å². The summed E-state index contributed by atoms with van der Waals surface area (Å²) < 4.78 is 1.85. The highest BCUT2D eigenvalue weighted by molar-refractivity contribution is 14.0. The van der Waals surface area contributed by atoms with E-state index in [4.69, 9.17) is 0 Å². The van der Waals surface area contributed by atoms with Gasteiger partial charge in [0.2, 0.25) is 0 Å². The fraction of sp³-hybridized carbons (Fsp3) is 0.765. The molecule has 24 heavy (non-hydrogen) atoms. The van der Waals surface area contributed by atoms with Gasteiger partial charge in [0.05, 0.1) is 6.20 Å². The Morgan fingerprint density at radius 1 is 1.25 bits per heavy atom. The van der Waals surface area contributed by atoms with Crippen molar-refractivity contribution in [1.82, 2.24) is 25.3 Å². The fourth-order valence-electron chi connectivity index (χ4n) is 2.93. The molecule has 0 amide bonds. The number of piperidine rings is 1. The van der Waals surface area contributed by atoms with Gasteiger partial charge in [-0.15, -0.1) is 24.0 Å². The maximum atomic E-state index is 4.67. The van der Waals surface area contributed by atoms with Crippen LogP contribution in [0.1, 0.15) is 38.2 Å². The van der Waals surface area contributed by atoms with Crippen molar-refractivity contribution in [2.24, 2.45) is 12.0 Å². The molecule has 0 atom stereocenters. The van der Waals surface area contributed by atoms with Crippen LogP contribution in [-0.2, 0) is 13.5 Å². The van der Waals surface area contributed by atoms with E-state index in [2.05, 4.69) is 38.7 Å². The van der Waals surface area contributed by atoms with Crippen LogP contribution in [0.3, 0.4) is 0 Å². The van der Waals surface area contributed by atoms with Gasteiger partial charge in [-0.2, -0.15) is 5.10 Å². The summed E-state index contributed by atoms with van der Waals surface area (Å²) in [5, 5.41) is 11.0. The molecule has 0 aromatic carbocycles. The van der Waals surface area contributed by atoms with Gasteiger partial charge in [0, 0.05) is 39.4 Å². The molecule has 1 aromatic rings. The molecule has 1 fully saturated rings. The van der Waals surface area contributed by atoms with Gasteiger partial charge in [-0.3, -0.25) is 9.67 Å². The second-order valence-electron chi connectivity index (χ2n) is 6.22. The van der Waals surface area contributed by atoms with Crippen molar-refractivity contribution in [3.63, 3.8) is 0 Å². The Bertz CT molecular complexity index is 467. The SMILES string of the molecule is CCNC(=NCCCc1cnn(C)c1)NCCN1CCCCC1.I. The van der Waals surface area contributed by atoms with Crippen molar-refractivity contribution in [1.29, 1.82) is 0 Å². The summed E-state index contributed by atoms with van der Waals surface area (Å²) in [7, 11) is 1.96. The summed E-state index contributed by atoms with van der Waals surface area (Å²) in [6.07, 6.45) is 10.2. The number of guanidine groups is 1. The minimum absolute atomic E-state index is 0. The Hall–Kier alpha value is -0.830. The molecule has 1 aliphatic heterocycles. The smallest absolute Gasteiger partial charge is 0.191 e. The van der Waals surface area contributed by atoms with Crippen LogP contribution in [0.2, 0.25) is 0 Å². The van der Waals surface area contributed by atoms with E-state index in [0.29, 0.717) is 0 Å². The van der Waals surface area contributed by atoms with Crippen molar-refractivity contribution in [3.05, 3.63) is 18.0 Å². The predicted molar refractivity (Wildman–Crippen MR) is 111 cm³/mol. The van der Waals surface area contributed by atoms with Gasteiger partial charge in [-0.25, -0.2) is 0 Å². The average molecular weight is 448 g/mol. The fourth-order valence-corrected chi connectivity index (χ4v) is 2.93. The van der Waals surface area contributed by atoms with E-state index in [-0.39, 0.29) is 24.0 Å². The standard InChI is InChI=1S/C17H32N6.HI/c1-3-18-17(20-10-13-23-11-5-4-6-12-23)19-9-7-8-16-14-21-22(2)15-16;/h14-15H,3-13H2,1-2H3,(H2,18,19,20);1H. The number of rotatable bonds is 8. The van der Waals surface area contributed by atoms with Gasteiger partial charge in [-0.05, 0) is 51.3 Å². The number of aromatic nitrogens is 2. The molecule has 0 saturated carbocycles. The van der Waals surface area contributed by atoms with Crippen molar-refractivity contribution >= 4 is 29.9 Å². The largest absolute Gasteiger partial charge is 0.357 e. The van der Waals surface area contributed by atoms with Crippen LogP contribution >= 0.6 is 24.0 Å². The summed E-state index contributed by atoms with van der Waals surface area (Å²) in [5.41, 5.74) is 1.28. The highest BCUT2D eigenvalue weighted by Gasteiger charge is 2.09. The summed E-state index contributed by atoms with van der Waals surface area (Å²) in [5.74, 6) is 0.940. The van der Waals surface area contributed by atoms with Crippen LogP contribution < -0.4 is 10.6 Å². The third-order valence-corrected chi connectivity index (χ3v) is 4.17. The van der Waals surface area contributed by atoms with E-state index >= 15 is 0 Å². The maximum Gasteiger partial charge on any atom is 0.191 e. The Balaban J connectivity index is 0.00000288. The highest BCUT2D eigenvalue weighted by Crippen LogP contribution is 2.07. The topological polar surface area (TPSA) is 57.5 Å². The molecule has 6 nitrogen and oxygen atoms in total. The van der Waals surface area contributed by atoms with E-state index in [0.717, 1.165) is 45.0 Å². The molecule has 2 heterocycles. The number of nitrogens with one attached hydrogen (secondary N) is 2. The summed E-state index contributed by atoms with van der Waals surface area (Å²) in [4.78, 5) is 7.21. The summed E-state index contributed by atoms with van der Waals surface area (Å²) in [6, 6.07) is 0. The first kappa shape index (κ1) is 21.2. The molecule has 0 radical (unpaired) electrons.